The minimum absolute atomic E-state index is 0.0426. The highest BCUT2D eigenvalue weighted by atomic mass is 16.1. The van der Waals surface area contributed by atoms with Crippen LogP contribution in [-0.2, 0) is 6.54 Å². The van der Waals surface area contributed by atoms with Gasteiger partial charge in [-0.05, 0) is 37.5 Å². The lowest BCUT2D eigenvalue weighted by Gasteiger charge is -2.42. The minimum Gasteiger partial charge on any atom is -0.370 e. The molecule has 0 radical (unpaired) electrons. The van der Waals surface area contributed by atoms with Crippen molar-refractivity contribution in [1.82, 2.24) is 24.5 Å². The van der Waals surface area contributed by atoms with Crippen molar-refractivity contribution < 1.29 is 0 Å². The van der Waals surface area contributed by atoms with Crippen LogP contribution >= 0.6 is 0 Å². The first-order valence-electron chi connectivity index (χ1n) is 9.78. The van der Waals surface area contributed by atoms with Gasteiger partial charge in [-0.3, -0.25) is 4.79 Å². The molecule has 0 unspecified atom stereocenters. The molecule has 0 saturated carbocycles. The molecule has 2 atom stereocenters. The van der Waals surface area contributed by atoms with Crippen molar-refractivity contribution in [2.45, 2.75) is 25.8 Å². The number of rotatable bonds is 4. The summed E-state index contributed by atoms with van der Waals surface area (Å²) >= 11 is 0. The number of aromatic nitrogens is 5. The molecule has 144 valence electrons. The van der Waals surface area contributed by atoms with Crippen LogP contribution in [0.4, 0.5) is 11.8 Å². The van der Waals surface area contributed by atoms with Crippen LogP contribution in [0.1, 0.15) is 25.0 Å². The van der Waals surface area contributed by atoms with Gasteiger partial charge in [0.05, 0.1) is 5.56 Å². The molecule has 1 fully saturated rings. The molecule has 2 bridgehead atoms. The molecule has 5 heterocycles. The Balaban J connectivity index is 1.46. The Kier molecular flexibility index (Phi) is 4.11. The molecule has 3 aromatic rings. The van der Waals surface area contributed by atoms with Crippen molar-refractivity contribution >= 4 is 11.8 Å². The number of fused-ring (bicyclic) bond motifs is 4. The summed E-state index contributed by atoms with van der Waals surface area (Å²) in [6.45, 7) is 5.30. The lowest BCUT2D eigenvalue weighted by atomic mass is 9.83. The van der Waals surface area contributed by atoms with Crippen LogP contribution in [0.3, 0.4) is 0 Å². The second-order valence-corrected chi connectivity index (χ2v) is 7.50. The van der Waals surface area contributed by atoms with Crippen LogP contribution in [0, 0.1) is 5.92 Å². The number of anilines is 2. The summed E-state index contributed by atoms with van der Waals surface area (Å²) < 4.78 is 1.95. The van der Waals surface area contributed by atoms with Crippen LogP contribution in [0.2, 0.25) is 0 Å². The molecule has 0 aliphatic carbocycles. The van der Waals surface area contributed by atoms with Crippen molar-refractivity contribution in [3.8, 4) is 11.4 Å². The maximum absolute atomic E-state index is 13.1. The van der Waals surface area contributed by atoms with Gasteiger partial charge in [0.1, 0.15) is 11.6 Å². The van der Waals surface area contributed by atoms with Crippen LogP contribution in [-0.4, -0.2) is 44.1 Å². The summed E-state index contributed by atoms with van der Waals surface area (Å²) in [6, 6.07) is 5.87. The molecular formula is C20H23N7O. The molecule has 0 amide bonds. The van der Waals surface area contributed by atoms with Gasteiger partial charge < -0.3 is 19.8 Å². The van der Waals surface area contributed by atoms with Gasteiger partial charge in [-0.1, -0.05) is 0 Å². The Morgan fingerprint density at radius 2 is 2.11 bits per heavy atom. The van der Waals surface area contributed by atoms with E-state index in [1.54, 1.807) is 18.6 Å². The fourth-order valence-electron chi connectivity index (χ4n) is 4.48. The molecule has 3 aromatic heterocycles. The largest absolute Gasteiger partial charge is 0.370 e. The zero-order chi connectivity index (χ0) is 19.1. The fourth-order valence-corrected chi connectivity index (χ4v) is 4.48. The van der Waals surface area contributed by atoms with Gasteiger partial charge >= 0.3 is 0 Å². The lowest BCUT2D eigenvalue weighted by molar-refractivity contribution is 0.280. The number of pyridine rings is 1. The highest BCUT2D eigenvalue weighted by Gasteiger charge is 2.36. The van der Waals surface area contributed by atoms with E-state index in [1.165, 1.54) is 0 Å². The number of nitrogens with zero attached hydrogens (tertiary/aromatic N) is 5. The quantitative estimate of drug-likeness (QED) is 0.723. The number of hydrogen-bond acceptors (Lipinski definition) is 6. The molecular weight excluding hydrogens is 354 g/mol. The van der Waals surface area contributed by atoms with Gasteiger partial charge in [0.2, 0.25) is 5.95 Å². The Morgan fingerprint density at radius 1 is 1.18 bits per heavy atom. The summed E-state index contributed by atoms with van der Waals surface area (Å²) in [4.78, 5) is 31.8. The molecule has 8 nitrogen and oxygen atoms in total. The van der Waals surface area contributed by atoms with Crippen LogP contribution in [0.5, 0.6) is 0 Å². The molecule has 0 aromatic carbocycles. The van der Waals surface area contributed by atoms with Crippen LogP contribution in [0.25, 0.3) is 11.4 Å². The maximum atomic E-state index is 13.1. The normalized spacial score (nSPS) is 20.7. The Morgan fingerprint density at radius 3 is 2.93 bits per heavy atom. The number of nitrogens with one attached hydrogen (secondary N) is 2. The SMILES string of the molecule is CCNc1ccnc(N2C[C@@H]3C[C@H](C2)c2ccc(-c4ncc[nH]4)c(=O)n2C3)n1. The van der Waals surface area contributed by atoms with E-state index in [2.05, 4.69) is 43.1 Å². The van der Waals surface area contributed by atoms with Gasteiger partial charge in [0.25, 0.3) is 5.56 Å². The summed E-state index contributed by atoms with van der Waals surface area (Å²) in [5.74, 6) is 2.95. The Hall–Kier alpha value is -3.16. The molecule has 5 rings (SSSR count). The molecule has 1 saturated heterocycles. The first-order valence-corrected chi connectivity index (χ1v) is 9.78. The van der Waals surface area contributed by atoms with Crippen molar-refractivity contribution in [2.24, 2.45) is 5.92 Å². The summed E-state index contributed by atoms with van der Waals surface area (Å²) in [6.07, 6.45) is 6.32. The fraction of sp³-hybridized carbons (Fsp3) is 0.400. The average Bonchev–Trinajstić information content (AvgIpc) is 3.24. The number of H-pyrrole nitrogens is 1. The predicted octanol–water partition coefficient (Wildman–Crippen LogP) is 2.08. The van der Waals surface area contributed by atoms with Gasteiger partial charge in [0, 0.05) is 56.4 Å². The topological polar surface area (TPSA) is 91.7 Å². The summed E-state index contributed by atoms with van der Waals surface area (Å²) in [5.41, 5.74) is 1.78. The Labute approximate surface area is 162 Å². The van der Waals surface area contributed by atoms with E-state index in [1.807, 2.05) is 16.7 Å². The van der Waals surface area contributed by atoms with E-state index in [9.17, 15) is 4.79 Å². The lowest BCUT2D eigenvalue weighted by Crippen LogP contribution is -2.48. The van der Waals surface area contributed by atoms with E-state index in [0.29, 0.717) is 23.2 Å². The molecule has 8 heteroatoms. The Bertz CT molecular complexity index is 1040. The number of piperidine rings is 1. The molecule has 2 N–H and O–H groups in total. The first-order chi connectivity index (χ1) is 13.7. The van der Waals surface area contributed by atoms with Gasteiger partial charge in [0.15, 0.2) is 0 Å². The highest BCUT2D eigenvalue weighted by Crippen LogP contribution is 2.36. The maximum Gasteiger partial charge on any atom is 0.261 e. The first kappa shape index (κ1) is 17.0. The van der Waals surface area contributed by atoms with Crippen LogP contribution in [0.15, 0.2) is 41.6 Å². The van der Waals surface area contributed by atoms with Crippen molar-refractivity contribution in [3.05, 3.63) is 52.8 Å². The van der Waals surface area contributed by atoms with Crippen molar-refractivity contribution in [1.29, 1.82) is 0 Å². The number of hydrogen-bond donors (Lipinski definition) is 2. The standard InChI is InChI=1S/C20H23N7O/c1-2-21-17-5-6-24-20(25-17)26-10-13-9-14(12-26)16-4-3-15(18-22-7-8-23-18)19(28)27(16)11-13/h3-8,13-14H,2,9-12H2,1H3,(H,22,23)(H,21,24,25)/t13-,14+/m0/s1. The van der Waals surface area contributed by atoms with Gasteiger partial charge in [-0.25, -0.2) is 9.97 Å². The second-order valence-electron chi connectivity index (χ2n) is 7.50. The van der Waals surface area contributed by atoms with E-state index >= 15 is 0 Å². The van der Waals surface area contributed by atoms with E-state index in [-0.39, 0.29) is 5.56 Å². The molecule has 0 spiro atoms. The molecule has 28 heavy (non-hydrogen) atoms. The zero-order valence-corrected chi connectivity index (χ0v) is 15.8. The van der Waals surface area contributed by atoms with Crippen molar-refractivity contribution in [3.63, 3.8) is 0 Å². The third-order valence-corrected chi connectivity index (χ3v) is 5.64. The zero-order valence-electron chi connectivity index (χ0n) is 15.8. The number of imidazole rings is 1. The minimum atomic E-state index is 0.0426. The summed E-state index contributed by atoms with van der Waals surface area (Å²) in [5, 5.41) is 3.25. The third kappa shape index (κ3) is 2.85. The average molecular weight is 377 g/mol. The molecule has 2 aliphatic rings. The van der Waals surface area contributed by atoms with Gasteiger partial charge in [-0.2, -0.15) is 4.98 Å². The summed E-state index contributed by atoms with van der Waals surface area (Å²) in [7, 11) is 0. The monoisotopic (exact) mass is 377 g/mol. The van der Waals surface area contributed by atoms with E-state index < -0.39 is 0 Å². The number of aromatic amines is 1. The van der Waals surface area contributed by atoms with Crippen molar-refractivity contribution in [2.75, 3.05) is 29.9 Å². The highest BCUT2D eigenvalue weighted by molar-refractivity contribution is 5.54. The smallest absolute Gasteiger partial charge is 0.261 e. The van der Waals surface area contributed by atoms with Crippen LogP contribution < -0.4 is 15.8 Å². The third-order valence-electron chi connectivity index (χ3n) is 5.64. The van der Waals surface area contributed by atoms with E-state index in [0.717, 1.165) is 50.1 Å². The second kappa shape index (κ2) is 6.78. The van der Waals surface area contributed by atoms with E-state index in [4.69, 9.17) is 0 Å². The molecule has 2 aliphatic heterocycles. The van der Waals surface area contributed by atoms with Gasteiger partial charge in [-0.15, -0.1) is 0 Å². The predicted molar refractivity (Wildman–Crippen MR) is 108 cm³/mol.